The molecule has 0 radical (unpaired) electrons. The third kappa shape index (κ3) is 4.87. The van der Waals surface area contributed by atoms with Crippen LogP contribution in [0.25, 0.3) is 10.1 Å². The van der Waals surface area contributed by atoms with Gasteiger partial charge >= 0.3 is 12.1 Å². The van der Waals surface area contributed by atoms with Crippen molar-refractivity contribution in [2.24, 2.45) is 0 Å². The second-order valence-corrected chi connectivity index (χ2v) is 8.24. The molecule has 0 spiro atoms. The van der Waals surface area contributed by atoms with Crippen LogP contribution in [-0.2, 0) is 11.2 Å². The number of thiophene rings is 1. The number of carboxylic acids is 1. The number of rotatable bonds is 5. The number of benzene rings is 1. The van der Waals surface area contributed by atoms with Crippen LogP contribution in [0.1, 0.15) is 25.3 Å². The van der Waals surface area contributed by atoms with Gasteiger partial charge in [0.25, 0.3) is 0 Å². The van der Waals surface area contributed by atoms with Crippen LogP contribution in [0.5, 0.6) is 5.75 Å². The highest BCUT2D eigenvalue weighted by Crippen LogP contribution is 2.42. The summed E-state index contributed by atoms with van der Waals surface area (Å²) in [5.41, 5.74) is 1.64. The molecule has 0 atom stereocenters. The van der Waals surface area contributed by atoms with Crippen molar-refractivity contribution in [3.63, 3.8) is 0 Å². The first kappa shape index (κ1) is 19.8. The third-order valence-electron chi connectivity index (χ3n) is 4.18. The molecule has 0 unspecified atom stereocenters. The number of alkyl halides is 3. The lowest BCUT2D eigenvalue weighted by Gasteiger charge is -2.14. The maximum atomic E-state index is 13.1. The lowest BCUT2D eigenvalue weighted by Crippen LogP contribution is -2.10. The molecule has 144 valence electrons. The molecule has 1 aromatic carbocycles. The first-order valence-corrected chi connectivity index (χ1v) is 9.92. The SMILES string of the molecule is CC1=C(COc2ccc3c(CC(=O)O)csc3c2)SC(C(F)(F)F)=CCC1. The molecule has 1 aliphatic heterocycles. The number of carboxylic acid groups (broad SMARTS) is 1. The molecular formula is C19H17F3O3S2. The van der Waals surface area contributed by atoms with E-state index in [9.17, 15) is 18.0 Å². The molecule has 0 saturated carbocycles. The molecule has 27 heavy (non-hydrogen) atoms. The van der Waals surface area contributed by atoms with Crippen molar-refractivity contribution in [2.75, 3.05) is 6.61 Å². The van der Waals surface area contributed by atoms with Gasteiger partial charge in [0.05, 0.1) is 11.3 Å². The number of allylic oxidation sites excluding steroid dienone is 3. The molecule has 0 aliphatic carbocycles. The van der Waals surface area contributed by atoms with Gasteiger partial charge in [0, 0.05) is 9.61 Å². The highest BCUT2D eigenvalue weighted by molar-refractivity contribution is 8.06. The fourth-order valence-corrected chi connectivity index (χ4v) is 4.72. The average molecular weight is 414 g/mol. The van der Waals surface area contributed by atoms with E-state index < -0.39 is 17.1 Å². The number of halogens is 3. The summed E-state index contributed by atoms with van der Waals surface area (Å²) in [4.78, 5) is 10.9. The number of ether oxygens (including phenoxy) is 1. The van der Waals surface area contributed by atoms with E-state index in [4.69, 9.17) is 9.84 Å². The number of hydrogen-bond acceptors (Lipinski definition) is 4. The second kappa shape index (κ2) is 7.98. The van der Waals surface area contributed by atoms with Crippen LogP contribution < -0.4 is 4.74 Å². The molecule has 1 N–H and O–H groups in total. The zero-order chi connectivity index (χ0) is 19.6. The van der Waals surface area contributed by atoms with Crippen LogP contribution in [0, 0.1) is 0 Å². The first-order chi connectivity index (χ1) is 12.7. The van der Waals surface area contributed by atoms with Crippen LogP contribution in [0.15, 0.2) is 45.0 Å². The van der Waals surface area contributed by atoms with Gasteiger partial charge in [-0.3, -0.25) is 4.79 Å². The summed E-state index contributed by atoms with van der Waals surface area (Å²) < 4.78 is 45.8. The summed E-state index contributed by atoms with van der Waals surface area (Å²) >= 11 is 2.15. The Morgan fingerprint density at radius 1 is 1.33 bits per heavy atom. The van der Waals surface area contributed by atoms with Gasteiger partial charge in [-0.2, -0.15) is 13.2 Å². The van der Waals surface area contributed by atoms with Gasteiger partial charge in [-0.05, 0) is 54.3 Å². The normalized spacial score (nSPS) is 15.6. The van der Waals surface area contributed by atoms with E-state index in [2.05, 4.69) is 0 Å². The minimum absolute atomic E-state index is 0.0462. The Bertz CT molecular complexity index is 926. The topological polar surface area (TPSA) is 46.5 Å². The second-order valence-electron chi connectivity index (χ2n) is 6.19. The summed E-state index contributed by atoms with van der Waals surface area (Å²) in [5, 5.41) is 11.6. The smallest absolute Gasteiger partial charge is 0.422 e. The summed E-state index contributed by atoms with van der Waals surface area (Å²) in [6, 6.07) is 5.31. The Morgan fingerprint density at radius 2 is 2.11 bits per heavy atom. The molecule has 0 amide bonds. The van der Waals surface area contributed by atoms with Crippen LogP contribution in [-0.4, -0.2) is 23.9 Å². The lowest BCUT2D eigenvalue weighted by molar-refractivity contribution is -0.136. The molecule has 0 bridgehead atoms. The van der Waals surface area contributed by atoms with Crippen LogP contribution in [0.2, 0.25) is 0 Å². The number of hydrogen-bond donors (Lipinski definition) is 1. The molecule has 2 heterocycles. The molecule has 2 aromatic rings. The molecule has 1 aromatic heterocycles. The highest BCUT2D eigenvalue weighted by Gasteiger charge is 2.35. The Balaban J connectivity index is 1.74. The van der Waals surface area contributed by atoms with Gasteiger partial charge in [0.2, 0.25) is 0 Å². The van der Waals surface area contributed by atoms with Gasteiger partial charge in [0.1, 0.15) is 12.4 Å². The number of aliphatic carboxylic acids is 1. The van der Waals surface area contributed by atoms with Gasteiger partial charge < -0.3 is 9.84 Å². The summed E-state index contributed by atoms with van der Waals surface area (Å²) in [6.45, 7) is 1.91. The lowest BCUT2D eigenvalue weighted by atomic mass is 10.1. The predicted octanol–water partition coefficient (Wildman–Crippen LogP) is 6.15. The quantitative estimate of drug-likeness (QED) is 0.637. The zero-order valence-electron chi connectivity index (χ0n) is 14.4. The van der Waals surface area contributed by atoms with Crippen molar-refractivity contribution in [1.29, 1.82) is 0 Å². The zero-order valence-corrected chi connectivity index (χ0v) is 16.1. The van der Waals surface area contributed by atoms with E-state index in [1.54, 1.807) is 23.6 Å². The molecule has 1 aliphatic rings. The van der Waals surface area contributed by atoms with E-state index in [1.165, 1.54) is 17.4 Å². The van der Waals surface area contributed by atoms with Gasteiger partial charge in [-0.1, -0.05) is 23.4 Å². The monoisotopic (exact) mass is 414 g/mol. The number of fused-ring (bicyclic) bond motifs is 1. The molecule has 0 fully saturated rings. The maximum Gasteiger partial charge on any atom is 0.422 e. The van der Waals surface area contributed by atoms with E-state index in [1.807, 2.05) is 6.92 Å². The van der Waals surface area contributed by atoms with Crippen LogP contribution in [0.4, 0.5) is 13.2 Å². The van der Waals surface area contributed by atoms with Crippen molar-refractivity contribution >= 4 is 39.2 Å². The average Bonchev–Trinajstić information content (AvgIpc) is 2.86. The van der Waals surface area contributed by atoms with Gasteiger partial charge in [-0.25, -0.2) is 0 Å². The van der Waals surface area contributed by atoms with Crippen molar-refractivity contribution in [3.8, 4) is 5.75 Å². The third-order valence-corrected chi connectivity index (χ3v) is 6.50. The largest absolute Gasteiger partial charge is 0.488 e. The highest BCUT2D eigenvalue weighted by atomic mass is 32.2. The van der Waals surface area contributed by atoms with E-state index >= 15 is 0 Å². The fraction of sp³-hybridized carbons (Fsp3) is 0.316. The number of carbonyl (C=O) groups is 1. The Labute approximate surface area is 162 Å². The molecule has 3 rings (SSSR count). The summed E-state index contributed by atoms with van der Waals surface area (Å²) in [7, 11) is 0. The summed E-state index contributed by atoms with van der Waals surface area (Å²) in [6.07, 6.45) is -2.21. The standard InChI is InChI=1S/C19H17F3O3S2/c1-11-3-2-4-17(19(20,21)22)27-16(11)9-25-13-5-6-14-12(7-18(23)24)10-26-15(14)8-13/h4-6,8,10H,2-3,7,9H2,1H3,(H,23,24). The van der Waals surface area contributed by atoms with Crippen molar-refractivity contribution in [1.82, 2.24) is 0 Å². The summed E-state index contributed by atoms with van der Waals surface area (Å²) in [5.74, 6) is -0.342. The Hall–Kier alpha value is -1.93. The number of thioether (sulfide) groups is 1. The predicted molar refractivity (Wildman–Crippen MR) is 102 cm³/mol. The van der Waals surface area contributed by atoms with Gasteiger partial charge in [-0.15, -0.1) is 11.3 Å². The molecule has 3 nitrogen and oxygen atoms in total. The minimum Gasteiger partial charge on any atom is -0.488 e. The molecule has 0 saturated heterocycles. The molecular weight excluding hydrogens is 397 g/mol. The first-order valence-electron chi connectivity index (χ1n) is 8.22. The van der Waals surface area contributed by atoms with Crippen molar-refractivity contribution in [2.45, 2.75) is 32.4 Å². The van der Waals surface area contributed by atoms with Crippen LogP contribution >= 0.6 is 23.1 Å². The molecule has 8 heteroatoms. The van der Waals surface area contributed by atoms with E-state index in [0.29, 0.717) is 23.5 Å². The van der Waals surface area contributed by atoms with Crippen molar-refractivity contribution in [3.05, 3.63) is 50.6 Å². The van der Waals surface area contributed by atoms with Gasteiger partial charge in [0.15, 0.2) is 0 Å². The van der Waals surface area contributed by atoms with Crippen molar-refractivity contribution < 1.29 is 27.8 Å². The minimum atomic E-state index is -4.35. The van der Waals surface area contributed by atoms with E-state index in [-0.39, 0.29) is 13.0 Å². The van der Waals surface area contributed by atoms with Crippen LogP contribution in [0.3, 0.4) is 0 Å². The maximum absolute atomic E-state index is 13.1. The Kier molecular flexibility index (Phi) is 5.86. The van der Waals surface area contributed by atoms with E-state index in [0.717, 1.165) is 33.0 Å². The Morgan fingerprint density at radius 3 is 2.81 bits per heavy atom. The fourth-order valence-electron chi connectivity index (χ4n) is 2.75.